The summed E-state index contributed by atoms with van der Waals surface area (Å²) in [6, 6.07) is 21.2. The van der Waals surface area contributed by atoms with Crippen molar-refractivity contribution in [3.63, 3.8) is 0 Å². The van der Waals surface area contributed by atoms with Crippen LogP contribution in [0.1, 0.15) is 47.2 Å². The third-order valence-electron chi connectivity index (χ3n) is 6.60. The molecule has 0 aliphatic rings. The molecule has 0 aromatic heterocycles. The van der Waals surface area contributed by atoms with E-state index in [4.69, 9.17) is 14.6 Å². The molecule has 2 amide bonds. The van der Waals surface area contributed by atoms with Crippen molar-refractivity contribution in [3.05, 3.63) is 89.5 Å². The van der Waals surface area contributed by atoms with E-state index in [1.54, 1.807) is 42.5 Å². The molecule has 218 valence electrons. The topological polar surface area (TPSA) is 134 Å². The first-order valence-corrected chi connectivity index (χ1v) is 13.7. The molecule has 0 saturated carbocycles. The molecule has 4 rings (SSSR count). The number of rotatable bonds is 13. The van der Waals surface area contributed by atoms with Crippen LogP contribution in [0.15, 0.2) is 72.8 Å². The van der Waals surface area contributed by atoms with Gasteiger partial charge in [-0.3, -0.25) is 14.4 Å². The van der Waals surface area contributed by atoms with Crippen LogP contribution < -0.4 is 20.1 Å². The second kappa shape index (κ2) is 14.0. The van der Waals surface area contributed by atoms with Crippen LogP contribution in [-0.2, 0) is 9.59 Å². The van der Waals surface area contributed by atoms with E-state index in [9.17, 15) is 19.5 Å². The minimum absolute atomic E-state index is 0.0949. The van der Waals surface area contributed by atoms with Crippen LogP contribution in [0.4, 0.5) is 5.69 Å². The van der Waals surface area contributed by atoms with Crippen LogP contribution in [0, 0.1) is 13.8 Å². The number of hydrogen-bond acceptors (Lipinski definition) is 6. The number of unbranched alkanes of at least 4 members (excludes halogenated alkanes) is 1. The van der Waals surface area contributed by atoms with E-state index in [-0.39, 0.29) is 24.2 Å². The van der Waals surface area contributed by atoms with Gasteiger partial charge in [0.25, 0.3) is 5.91 Å². The molecule has 4 aromatic carbocycles. The van der Waals surface area contributed by atoms with Gasteiger partial charge in [0.1, 0.15) is 23.0 Å². The number of aliphatic carboxylic acids is 1. The van der Waals surface area contributed by atoms with Gasteiger partial charge in [-0.2, -0.15) is 0 Å². The van der Waals surface area contributed by atoms with Crippen LogP contribution in [0.2, 0.25) is 0 Å². The second-order valence-corrected chi connectivity index (χ2v) is 9.97. The molecule has 4 N–H and O–H groups in total. The van der Waals surface area contributed by atoms with Gasteiger partial charge in [-0.1, -0.05) is 42.0 Å². The molecular weight excluding hydrogens is 536 g/mol. The predicted molar refractivity (Wildman–Crippen MR) is 161 cm³/mol. The Morgan fingerprint density at radius 2 is 1.57 bits per heavy atom. The third-order valence-corrected chi connectivity index (χ3v) is 6.60. The van der Waals surface area contributed by atoms with Crippen molar-refractivity contribution in [3.8, 4) is 23.0 Å². The van der Waals surface area contributed by atoms with Crippen LogP contribution in [0.5, 0.6) is 23.0 Å². The highest BCUT2D eigenvalue weighted by atomic mass is 16.5. The molecule has 42 heavy (non-hydrogen) atoms. The molecule has 0 unspecified atom stereocenters. The maximum absolute atomic E-state index is 13.1. The van der Waals surface area contributed by atoms with Gasteiger partial charge in [0, 0.05) is 29.4 Å². The van der Waals surface area contributed by atoms with Crippen LogP contribution in [0.25, 0.3) is 10.8 Å². The predicted octanol–water partition coefficient (Wildman–Crippen LogP) is 6.35. The zero-order valence-corrected chi connectivity index (χ0v) is 23.6. The number of benzene rings is 4. The molecule has 0 saturated heterocycles. The molecule has 9 nitrogen and oxygen atoms in total. The Labute approximate surface area is 244 Å². The molecule has 0 aliphatic heterocycles. The van der Waals surface area contributed by atoms with E-state index >= 15 is 0 Å². The molecule has 0 fully saturated rings. The number of phenolic OH excluding ortho intramolecular Hbond substituents is 1. The van der Waals surface area contributed by atoms with Crippen molar-refractivity contribution in [1.29, 1.82) is 0 Å². The Kier molecular flexibility index (Phi) is 9.99. The average Bonchev–Trinajstić information content (AvgIpc) is 2.97. The minimum Gasteiger partial charge on any atom is -0.506 e. The lowest BCUT2D eigenvalue weighted by molar-refractivity contribution is -0.138. The maximum atomic E-state index is 13.1. The van der Waals surface area contributed by atoms with Gasteiger partial charge in [-0.05, 0) is 68.7 Å². The summed E-state index contributed by atoms with van der Waals surface area (Å²) in [4.78, 5) is 35.6. The number of anilines is 1. The quantitative estimate of drug-likeness (QED) is 0.138. The number of nitrogens with one attached hydrogen (secondary N) is 2. The van der Waals surface area contributed by atoms with E-state index in [2.05, 4.69) is 16.7 Å². The van der Waals surface area contributed by atoms with Gasteiger partial charge in [-0.15, -0.1) is 0 Å². The van der Waals surface area contributed by atoms with Crippen molar-refractivity contribution in [2.24, 2.45) is 0 Å². The Morgan fingerprint density at radius 1 is 0.833 bits per heavy atom. The largest absolute Gasteiger partial charge is 0.506 e. The lowest BCUT2D eigenvalue weighted by Crippen LogP contribution is -2.25. The fraction of sp³-hybridized carbons (Fsp3) is 0.242. The molecule has 4 aromatic rings. The van der Waals surface area contributed by atoms with Crippen LogP contribution in [-0.4, -0.2) is 41.1 Å². The Bertz CT molecular complexity index is 1580. The van der Waals surface area contributed by atoms with E-state index < -0.39 is 17.8 Å². The number of aromatic hydroxyl groups is 1. The summed E-state index contributed by atoms with van der Waals surface area (Å²) in [6.07, 6.45) is 1.08. The summed E-state index contributed by atoms with van der Waals surface area (Å²) in [5.74, 6) is -0.306. The first-order chi connectivity index (χ1) is 20.2. The second-order valence-electron chi connectivity index (χ2n) is 9.97. The standard InChI is InChI=1S/C33H34N2O7/c1-21-9-14-28(22(2)19-21)41-18-6-5-17-34-33(40)27-20-29(25-7-3-4-8-26(25)32(27)39)42-24-12-10-23(11-13-24)35-30(36)15-16-31(37)38/h3-4,7-14,19-20,39H,5-6,15-18H2,1-2H3,(H,34,40)(H,35,36)(H,37,38). The van der Waals surface area contributed by atoms with E-state index in [0.717, 1.165) is 17.7 Å². The highest BCUT2D eigenvalue weighted by molar-refractivity contribution is 6.06. The van der Waals surface area contributed by atoms with Crippen molar-refractivity contribution >= 4 is 34.2 Å². The van der Waals surface area contributed by atoms with Gasteiger partial charge in [0.2, 0.25) is 5.91 Å². The number of ether oxygens (including phenoxy) is 2. The van der Waals surface area contributed by atoms with Crippen molar-refractivity contribution < 1.29 is 34.1 Å². The van der Waals surface area contributed by atoms with Crippen molar-refractivity contribution in [1.82, 2.24) is 5.32 Å². The average molecular weight is 571 g/mol. The van der Waals surface area contributed by atoms with E-state index in [0.29, 0.717) is 47.5 Å². The maximum Gasteiger partial charge on any atom is 0.303 e. The van der Waals surface area contributed by atoms with Crippen LogP contribution in [0.3, 0.4) is 0 Å². The molecule has 0 aliphatic carbocycles. The van der Waals surface area contributed by atoms with Gasteiger partial charge in [-0.25, -0.2) is 0 Å². The van der Waals surface area contributed by atoms with Crippen LogP contribution >= 0.6 is 0 Å². The number of amides is 2. The number of carbonyl (C=O) groups excluding carboxylic acids is 2. The number of carbonyl (C=O) groups is 3. The number of fused-ring (bicyclic) bond motifs is 1. The van der Waals surface area contributed by atoms with Gasteiger partial charge in [0.05, 0.1) is 18.6 Å². The first-order valence-electron chi connectivity index (χ1n) is 13.7. The summed E-state index contributed by atoms with van der Waals surface area (Å²) in [7, 11) is 0. The van der Waals surface area contributed by atoms with Crippen molar-refractivity contribution in [2.45, 2.75) is 39.5 Å². The lowest BCUT2D eigenvalue weighted by Gasteiger charge is -2.15. The van der Waals surface area contributed by atoms with E-state index in [1.807, 2.05) is 32.0 Å². The summed E-state index contributed by atoms with van der Waals surface area (Å²) < 4.78 is 12.0. The SMILES string of the molecule is Cc1ccc(OCCCCNC(=O)c2cc(Oc3ccc(NC(=O)CCC(=O)O)cc3)c3ccccc3c2O)c(C)c1. The fourth-order valence-electron chi connectivity index (χ4n) is 4.43. The molecule has 0 radical (unpaired) electrons. The number of phenols is 1. The highest BCUT2D eigenvalue weighted by Crippen LogP contribution is 2.38. The smallest absolute Gasteiger partial charge is 0.303 e. The van der Waals surface area contributed by atoms with Gasteiger partial charge < -0.3 is 30.3 Å². The first kappa shape index (κ1) is 29.9. The minimum atomic E-state index is -1.04. The Hall–Kier alpha value is -5.05. The lowest BCUT2D eigenvalue weighted by atomic mass is 10.0. The van der Waals surface area contributed by atoms with E-state index in [1.165, 1.54) is 11.6 Å². The van der Waals surface area contributed by atoms with Gasteiger partial charge >= 0.3 is 5.97 Å². The van der Waals surface area contributed by atoms with Gasteiger partial charge in [0.15, 0.2) is 0 Å². The zero-order chi connectivity index (χ0) is 30.1. The summed E-state index contributed by atoms with van der Waals surface area (Å²) in [5, 5.41) is 26.3. The Morgan fingerprint density at radius 3 is 2.29 bits per heavy atom. The highest BCUT2D eigenvalue weighted by Gasteiger charge is 2.18. The third kappa shape index (κ3) is 8.00. The Balaban J connectivity index is 1.38. The van der Waals surface area contributed by atoms with Crippen molar-refractivity contribution in [2.75, 3.05) is 18.5 Å². The molecule has 0 heterocycles. The number of aryl methyl sites for hydroxylation is 2. The molecule has 0 bridgehead atoms. The zero-order valence-electron chi connectivity index (χ0n) is 23.6. The fourth-order valence-corrected chi connectivity index (χ4v) is 4.43. The monoisotopic (exact) mass is 570 g/mol. The molecule has 9 heteroatoms. The number of carboxylic acid groups (broad SMARTS) is 1. The summed E-state index contributed by atoms with van der Waals surface area (Å²) in [6.45, 7) is 5.00. The summed E-state index contributed by atoms with van der Waals surface area (Å²) >= 11 is 0. The molecular formula is C33H34N2O7. The number of carboxylic acids is 1. The molecule has 0 spiro atoms. The normalized spacial score (nSPS) is 10.7. The summed E-state index contributed by atoms with van der Waals surface area (Å²) in [5.41, 5.74) is 2.86. The number of hydrogen-bond donors (Lipinski definition) is 4. The molecule has 0 atom stereocenters.